The molecular formula is C12H10BrCl2NO3. The molecule has 1 atom stereocenters. The molecule has 19 heavy (non-hydrogen) atoms. The average molecular weight is 367 g/mol. The van der Waals surface area contributed by atoms with E-state index in [9.17, 15) is 4.79 Å². The standard InChI is InChI=1S/C12H10BrCl2NO3/c1-18-11(17)12(6-13)5-9(16-19-12)10-7(14)3-2-4-8(10)15/h2-4H,5-6H2,1H3/t12-/m0/s1. The first-order chi connectivity index (χ1) is 9.04. The molecule has 0 spiro atoms. The number of rotatable bonds is 3. The van der Waals surface area contributed by atoms with Crippen molar-refractivity contribution < 1.29 is 14.4 Å². The third kappa shape index (κ3) is 2.59. The van der Waals surface area contributed by atoms with Gasteiger partial charge in [0.25, 0.3) is 0 Å². The van der Waals surface area contributed by atoms with Gasteiger partial charge in [-0.3, -0.25) is 0 Å². The Morgan fingerprint density at radius 2 is 2.16 bits per heavy atom. The number of oxime groups is 1. The van der Waals surface area contributed by atoms with Gasteiger partial charge in [0.05, 0.1) is 28.2 Å². The zero-order valence-electron chi connectivity index (χ0n) is 9.95. The van der Waals surface area contributed by atoms with Crippen LogP contribution in [0.3, 0.4) is 0 Å². The maximum absolute atomic E-state index is 11.8. The summed E-state index contributed by atoms with van der Waals surface area (Å²) in [5.74, 6) is -0.494. The van der Waals surface area contributed by atoms with Crippen LogP contribution in [0.4, 0.5) is 0 Å². The van der Waals surface area contributed by atoms with Crippen LogP contribution >= 0.6 is 39.1 Å². The highest BCUT2D eigenvalue weighted by Crippen LogP contribution is 2.34. The summed E-state index contributed by atoms with van der Waals surface area (Å²) in [5.41, 5.74) is -0.0509. The fourth-order valence-electron chi connectivity index (χ4n) is 1.81. The Hall–Kier alpha value is -0.780. The van der Waals surface area contributed by atoms with Crippen molar-refractivity contribution in [3.05, 3.63) is 33.8 Å². The fourth-order valence-corrected chi connectivity index (χ4v) is 2.95. The van der Waals surface area contributed by atoms with Gasteiger partial charge in [0.2, 0.25) is 5.60 Å². The summed E-state index contributed by atoms with van der Waals surface area (Å²) < 4.78 is 4.74. The summed E-state index contributed by atoms with van der Waals surface area (Å²) >= 11 is 15.5. The predicted octanol–water partition coefficient (Wildman–Crippen LogP) is 3.42. The number of nitrogens with zero attached hydrogens (tertiary/aromatic N) is 1. The van der Waals surface area contributed by atoms with E-state index in [1.54, 1.807) is 18.2 Å². The Morgan fingerprint density at radius 3 is 2.68 bits per heavy atom. The molecule has 0 saturated carbocycles. The summed E-state index contributed by atoms with van der Waals surface area (Å²) in [7, 11) is 1.30. The van der Waals surface area contributed by atoms with E-state index in [4.69, 9.17) is 32.8 Å². The van der Waals surface area contributed by atoms with Crippen molar-refractivity contribution in [2.24, 2.45) is 5.16 Å². The lowest BCUT2D eigenvalue weighted by atomic mass is 9.96. The van der Waals surface area contributed by atoms with Gasteiger partial charge in [0.1, 0.15) is 0 Å². The molecule has 0 aromatic heterocycles. The van der Waals surface area contributed by atoms with Gasteiger partial charge in [-0.2, -0.15) is 0 Å². The predicted molar refractivity (Wildman–Crippen MR) is 77.2 cm³/mol. The molecule has 1 heterocycles. The fraction of sp³-hybridized carbons (Fsp3) is 0.333. The topological polar surface area (TPSA) is 47.9 Å². The van der Waals surface area contributed by atoms with Crippen LogP contribution in [0.5, 0.6) is 0 Å². The van der Waals surface area contributed by atoms with Crippen LogP contribution in [-0.2, 0) is 14.4 Å². The van der Waals surface area contributed by atoms with Gasteiger partial charge in [0, 0.05) is 12.0 Å². The number of carbonyl (C=O) groups is 1. The van der Waals surface area contributed by atoms with Gasteiger partial charge >= 0.3 is 5.97 Å². The first kappa shape index (κ1) is 14.6. The Kier molecular flexibility index (Phi) is 4.38. The minimum Gasteiger partial charge on any atom is -0.466 e. The molecule has 0 unspecified atom stereocenters. The molecule has 7 heteroatoms. The molecule has 4 nitrogen and oxygen atoms in total. The zero-order valence-corrected chi connectivity index (χ0v) is 13.0. The Morgan fingerprint density at radius 1 is 1.53 bits per heavy atom. The molecule has 0 fully saturated rings. The van der Waals surface area contributed by atoms with E-state index >= 15 is 0 Å². The maximum atomic E-state index is 11.8. The molecule has 2 rings (SSSR count). The second kappa shape index (κ2) is 5.69. The zero-order chi connectivity index (χ0) is 14.0. The summed E-state index contributed by atoms with van der Waals surface area (Å²) in [5, 5.41) is 5.13. The highest BCUT2D eigenvalue weighted by atomic mass is 79.9. The summed E-state index contributed by atoms with van der Waals surface area (Å²) in [6.07, 6.45) is 0.244. The molecule has 1 aliphatic heterocycles. The van der Waals surface area contributed by atoms with Crippen molar-refractivity contribution >= 4 is 50.8 Å². The van der Waals surface area contributed by atoms with Crippen LogP contribution in [0.2, 0.25) is 10.0 Å². The number of esters is 1. The van der Waals surface area contributed by atoms with Gasteiger partial charge in [-0.15, -0.1) is 0 Å². The van der Waals surface area contributed by atoms with Gasteiger partial charge in [-0.25, -0.2) is 4.79 Å². The average Bonchev–Trinajstić information content (AvgIpc) is 2.83. The third-order valence-electron chi connectivity index (χ3n) is 2.81. The molecule has 0 aliphatic carbocycles. The van der Waals surface area contributed by atoms with Crippen LogP contribution in [-0.4, -0.2) is 29.7 Å². The smallest absolute Gasteiger partial charge is 0.354 e. The second-order valence-electron chi connectivity index (χ2n) is 4.02. The highest BCUT2D eigenvalue weighted by molar-refractivity contribution is 9.09. The molecule has 1 aromatic carbocycles. The number of halogens is 3. The maximum Gasteiger partial charge on any atom is 0.354 e. The van der Waals surface area contributed by atoms with E-state index in [1.165, 1.54) is 7.11 Å². The van der Waals surface area contributed by atoms with Crippen molar-refractivity contribution in [1.29, 1.82) is 0 Å². The van der Waals surface area contributed by atoms with Crippen molar-refractivity contribution in [3.8, 4) is 0 Å². The Balaban J connectivity index is 2.34. The number of carbonyl (C=O) groups excluding carboxylic acids is 1. The van der Waals surface area contributed by atoms with E-state index in [1.807, 2.05) is 0 Å². The second-order valence-corrected chi connectivity index (χ2v) is 5.40. The lowest BCUT2D eigenvalue weighted by Gasteiger charge is -2.20. The number of benzene rings is 1. The Labute approximate surface area is 128 Å². The van der Waals surface area contributed by atoms with Crippen LogP contribution in [0.15, 0.2) is 23.4 Å². The molecule has 1 aromatic rings. The summed E-state index contributed by atoms with van der Waals surface area (Å²) in [6, 6.07) is 5.15. The van der Waals surface area contributed by atoms with Crippen molar-refractivity contribution in [2.75, 3.05) is 12.4 Å². The number of ether oxygens (including phenoxy) is 1. The molecule has 0 N–H and O–H groups in total. The monoisotopic (exact) mass is 365 g/mol. The Bertz CT molecular complexity index is 530. The number of hydrogen-bond donors (Lipinski definition) is 0. The number of alkyl halides is 1. The first-order valence-electron chi connectivity index (χ1n) is 5.38. The molecular weight excluding hydrogens is 357 g/mol. The third-order valence-corrected chi connectivity index (χ3v) is 4.34. The van der Waals surface area contributed by atoms with Gasteiger partial charge in [0.15, 0.2) is 0 Å². The summed E-state index contributed by atoms with van der Waals surface area (Å²) in [4.78, 5) is 17.1. The van der Waals surface area contributed by atoms with Gasteiger partial charge in [-0.05, 0) is 12.1 Å². The molecule has 0 bridgehead atoms. The van der Waals surface area contributed by atoms with E-state index in [-0.39, 0.29) is 11.8 Å². The molecule has 0 radical (unpaired) electrons. The highest BCUT2D eigenvalue weighted by Gasteiger charge is 2.47. The van der Waals surface area contributed by atoms with Crippen molar-refractivity contribution in [2.45, 2.75) is 12.0 Å². The van der Waals surface area contributed by atoms with Crippen LogP contribution in [0.25, 0.3) is 0 Å². The SMILES string of the molecule is COC(=O)[C@@]1(CBr)CC(c2c(Cl)cccc2Cl)=NO1. The van der Waals surface area contributed by atoms with E-state index < -0.39 is 11.6 Å². The minimum absolute atomic E-state index is 0.244. The number of methoxy groups -OCH3 is 1. The minimum atomic E-state index is -1.16. The molecule has 0 amide bonds. The van der Waals surface area contributed by atoms with Crippen LogP contribution in [0.1, 0.15) is 12.0 Å². The molecule has 1 aliphatic rings. The quantitative estimate of drug-likeness (QED) is 0.608. The largest absolute Gasteiger partial charge is 0.466 e. The van der Waals surface area contributed by atoms with Crippen molar-refractivity contribution in [1.82, 2.24) is 0 Å². The van der Waals surface area contributed by atoms with Crippen LogP contribution in [0, 0.1) is 0 Å². The van der Waals surface area contributed by atoms with E-state index in [0.717, 1.165) is 0 Å². The van der Waals surface area contributed by atoms with E-state index in [0.29, 0.717) is 21.3 Å². The summed E-state index contributed by atoms with van der Waals surface area (Å²) in [6.45, 7) is 0. The number of hydrogen-bond acceptors (Lipinski definition) is 4. The normalized spacial score (nSPS) is 21.8. The lowest BCUT2D eigenvalue weighted by Crippen LogP contribution is -2.41. The van der Waals surface area contributed by atoms with Crippen LogP contribution < -0.4 is 0 Å². The van der Waals surface area contributed by atoms with Crippen molar-refractivity contribution in [3.63, 3.8) is 0 Å². The van der Waals surface area contributed by atoms with Gasteiger partial charge in [-0.1, -0.05) is 50.4 Å². The molecule has 102 valence electrons. The lowest BCUT2D eigenvalue weighted by molar-refractivity contribution is -0.163. The first-order valence-corrected chi connectivity index (χ1v) is 7.25. The van der Waals surface area contributed by atoms with Gasteiger partial charge < -0.3 is 9.57 Å². The molecule has 0 saturated heterocycles. The van der Waals surface area contributed by atoms with E-state index in [2.05, 4.69) is 21.1 Å².